The second kappa shape index (κ2) is 8.85. The van der Waals surface area contributed by atoms with Crippen molar-refractivity contribution in [1.29, 1.82) is 0 Å². The van der Waals surface area contributed by atoms with Crippen molar-refractivity contribution in [3.8, 4) is 0 Å². The van der Waals surface area contributed by atoms with Crippen LogP contribution in [-0.4, -0.2) is 90.2 Å². The predicted octanol–water partition coefficient (Wildman–Crippen LogP) is 0.844. The summed E-state index contributed by atoms with van der Waals surface area (Å²) < 4.78 is 50.2. The van der Waals surface area contributed by atoms with Crippen LogP contribution in [0.25, 0.3) is 0 Å². The summed E-state index contributed by atoms with van der Waals surface area (Å²) in [5.41, 5.74) is -0.908. The van der Waals surface area contributed by atoms with Gasteiger partial charge in [0.15, 0.2) is 6.29 Å². The fourth-order valence-corrected chi connectivity index (χ4v) is 4.39. The van der Waals surface area contributed by atoms with Crippen LogP contribution in [0.5, 0.6) is 0 Å². The topological polar surface area (TPSA) is 103 Å². The maximum absolute atomic E-state index is 12.9. The summed E-state index contributed by atoms with van der Waals surface area (Å²) in [6.07, 6.45) is -6.81. The fraction of sp³-hybridized carbons (Fsp3) is 0.600. The number of aliphatic hydroxyl groups excluding tert-OH is 1. The van der Waals surface area contributed by atoms with Crippen LogP contribution < -0.4 is 10.6 Å². The third-order valence-corrected chi connectivity index (χ3v) is 6.06. The molecule has 3 N–H and O–H groups in total. The number of benzene rings is 1. The normalized spacial score (nSPS) is 30.8. The quantitative estimate of drug-likeness (QED) is 0.621. The van der Waals surface area contributed by atoms with Crippen molar-refractivity contribution >= 4 is 17.6 Å². The van der Waals surface area contributed by atoms with Gasteiger partial charge in [-0.05, 0) is 18.2 Å². The molecule has 0 aliphatic carbocycles. The first-order valence-electron chi connectivity index (χ1n) is 10.3. The number of carbonyl (C=O) groups is 2. The molecule has 12 heteroatoms. The highest BCUT2D eigenvalue weighted by Crippen LogP contribution is 2.33. The molecule has 3 saturated heterocycles. The minimum absolute atomic E-state index is 0.0203. The number of anilines is 1. The van der Waals surface area contributed by atoms with Crippen LogP contribution >= 0.6 is 0 Å². The molecule has 176 valence electrons. The zero-order valence-corrected chi connectivity index (χ0v) is 17.3. The number of rotatable bonds is 3. The highest BCUT2D eigenvalue weighted by atomic mass is 19.4. The highest BCUT2D eigenvalue weighted by Gasteiger charge is 2.53. The van der Waals surface area contributed by atoms with Gasteiger partial charge in [-0.2, -0.15) is 13.2 Å². The van der Waals surface area contributed by atoms with Crippen LogP contribution in [-0.2, 0) is 20.4 Å². The van der Waals surface area contributed by atoms with Crippen LogP contribution in [0.1, 0.15) is 12.5 Å². The molecule has 2 bridgehead atoms. The molecule has 3 aliphatic heterocycles. The van der Waals surface area contributed by atoms with Gasteiger partial charge >= 0.3 is 12.2 Å². The number of amides is 3. The number of urea groups is 1. The van der Waals surface area contributed by atoms with E-state index in [1.165, 1.54) is 19.1 Å². The molecule has 32 heavy (non-hydrogen) atoms. The Hall–Kier alpha value is -2.41. The van der Waals surface area contributed by atoms with Crippen molar-refractivity contribution in [2.45, 2.75) is 43.7 Å². The second-order valence-electron chi connectivity index (χ2n) is 8.10. The number of aliphatic hydroxyl groups is 1. The number of hydrogen-bond acceptors (Lipinski definition) is 6. The Kier molecular flexibility index (Phi) is 6.30. The molecule has 3 aliphatic rings. The van der Waals surface area contributed by atoms with Crippen molar-refractivity contribution in [2.24, 2.45) is 0 Å². The summed E-state index contributed by atoms with van der Waals surface area (Å²) in [7, 11) is 0. The molecular formula is C20H25F3N4O5. The lowest BCUT2D eigenvalue weighted by molar-refractivity contribution is -0.185. The Morgan fingerprint density at radius 1 is 1.19 bits per heavy atom. The molecule has 9 nitrogen and oxygen atoms in total. The third kappa shape index (κ3) is 4.68. The number of nitrogens with zero attached hydrogens (tertiary/aromatic N) is 2. The van der Waals surface area contributed by atoms with Crippen LogP contribution in [0, 0.1) is 0 Å². The Labute approximate surface area is 182 Å². The molecule has 1 aromatic carbocycles. The van der Waals surface area contributed by atoms with Crippen LogP contribution in [0.3, 0.4) is 0 Å². The number of nitrogens with one attached hydrogen (secondary N) is 2. The SMILES string of the molecule is CC(=O)N1CCN([C@@H]2[C@@H]3OC[C@H](O3)[C@@H](NC(=O)Nc3cccc(C(F)(F)F)c3)[C@@H]2O)CC1. The summed E-state index contributed by atoms with van der Waals surface area (Å²) >= 11 is 0. The van der Waals surface area contributed by atoms with Gasteiger partial charge in [0.2, 0.25) is 5.91 Å². The monoisotopic (exact) mass is 458 g/mol. The van der Waals surface area contributed by atoms with E-state index in [2.05, 4.69) is 10.6 Å². The minimum Gasteiger partial charge on any atom is -0.389 e. The predicted molar refractivity (Wildman–Crippen MR) is 106 cm³/mol. The van der Waals surface area contributed by atoms with Crippen molar-refractivity contribution in [3.05, 3.63) is 29.8 Å². The Balaban J connectivity index is 1.41. The Morgan fingerprint density at radius 2 is 1.91 bits per heavy atom. The van der Waals surface area contributed by atoms with Crippen LogP contribution in [0.4, 0.5) is 23.7 Å². The highest BCUT2D eigenvalue weighted by molar-refractivity contribution is 5.89. The molecular weight excluding hydrogens is 433 g/mol. The zero-order chi connectivity index (χ0) is 23.0. The molecule has 5 atom stereocenters. The summed E-state index contributed by atoms with van der Waals surface area (Å²) in [6, 6.07) is 2.14. The Bertz CT molecular complexity index is 862. The van der Waals surface area contributed by atoms with Crippen molar-refractivity contribution in [2.75, 3.05) is 38.1 Å². The van der Waals surface area contributed by atoms with E-state index in [1.807, 2.05) is 4.90 Å². The maximum Gasteiger partial charge on any atom is 0.416 e. The molecule has 0 spiro atoms. The number of carbonyl (C=O) groups excluding carboxylic acids is 2. The summed E-state index contributed by atoms with van der Waals surface area (Å²) in [4.78, 5) is 27.7. The average molecular weight is 458 g/mol. The van der Waals surface area contributed by atoms with Gasteiger partial charge in [-0.15, -0.1) is 0 Å². The molecule has 0 radical (unpaired) electrons. The van der Waals surface area contributed by atoms with E-state index < -0.39 is 48.4 Å². The Morgan fingerprint density at radius 3 is 2.56 bits per heavy atom. The van der Waals surface area contributed by atoms with E-state index in [4.69, 9.17) is 9.47 Å². The van der Waals surface area contributed by atoms with Gasteiger partial charge in [-0.25, -0.2) is 4.79 Å². The van der Waals surface area contributed by atoms with Crippen molar-refractivity contribution in [3.63, 3.8) is 0 Å². The first-order chi connectivity index (χ1) is 15.1. The van der Waals surface area contributed by atoms with Crippen LogP contribution in [0.15, 0.2) is 24.3 Å². The van der Waals surface area contributed by atoms with E-state index in [9.17, 15) is 27.9 Å². The standard InChI is InChI=1S/C20H25F3N4O5/c1-11(28)26-5-7-27(8-6-26)16-17(29)15(14-10-31-18(16)32-14)25-19(30)24-13-4-2-3-12(9-13)20(21,22)23/h2-4,9,14-18,29H,5-8,10H2,1H3,(H2,24,25,30)/t14-,15+,16-,17-,18+/m0/s1. The fourth-order valence-electron chi connectivity index (χ4n) is 4.39. The van der Waals surface area contributed by atoms with Gasteiger partial charge in [0, 0.05) is 38.8 Å². The van der Waals surface area contributed by atoms with Gasteiger partial charge in [0.05, 0.1) is 30.4 Å². The van der Waals surface area contributed by atoms with E-state index in [1.54, 1.807) is 4.90 Å². The minimum atomic E-state index is -4.53. The molecule has 0 aromatic heterocycles. The smallest absolute Gasteiger partial charge is 0.389 e. The lowest BCUT2D eigenvalue weighted by atomic mass is 9.94. The van der Waals surface area contributed by atoms with E-state index >= 15 is 0 Å². The van der Waals surface area contributed by atoms with Gasteiger partial charge in [0.25, 0.3) is 0 Å². The van der Waals surface area contributed by atoms with Crippen molar-refractivity contribution < 1.29 is 37.3 Å². The number of hydrogen-bond donors (Lipinski definition) is 3. The van der Waals surface area contributed by atoms with Gasteiger partial charge in [-0.3, -0.25) is 9.69 Å². The van der Waals surface area contributed by atoms with Gasteiger partial charge < -0.3 is 30.1 Å². The number of ether oxygens (including phenoxy) is 2. The van der Waals surface area contributed by atoms with Crippen LogP contribution in [0.2, 0.25) is 0 Å². The molecule has 0 saturated carbocycles. The molecule has 3 amide bonds. The van der Waals surface area contributed by atoms with Gasteiger partial charge in [0.1, 0.15) is 6.10 Å². The summed E-state index contributed by atoms with van der Waals surface area (Å²) in [5.74, 6) is -0.0203. The number of piperazine rings is 1. The van der Waals surface area contributed by atoms with E-state index in [0.29, 0.717) is 26.2 Å². The van der Waals surface area contributed by atoms with Crippen molar-refractivity contribution in [1.82, 2.24) is 15.1 Å². The first kappa shape index (κ1) is 22.8. The number of alkyl halides is 3. The summed E-state index contributed by atoms with van der Waals surface area (Å²) in [5, 5.41) is 16.0. The third-order valence-electron chi connectivity index (χ3n) is 6.06. The zero-order valence-electron chi connectivity index (χ0n) is 17.3. The first-order valence-corrected chi connectivity index (χ1v) is 10.3. The van der Waals surface area contributed by atoms with E-state index in [0.717, 1.165) is 12.1 Å². The molecule has 3 fully saturated rings. The molecule has 1 aromatic rings. The largest absolute Gasteiger partial charge is 0.416 e. The number of halogens is 3. The van der Waals surface area contributed by atoms with E-state index in [-0.39, 0.29) is 18.2 Å². The van der Waals surface area contributed by atoms with Gasteiger partial charge in [-0.1, -0.05) is 6.07 Å². The molecule has 3 heterocycles. The average Bonchev–Trinajstić information content (AvgIpc) is 3.16. The summed E-state index contributed by atoms with van der Waals surface area (Å²) in [6.45, 7) is 3.70. The molecule has 4 rings (SSSR count). The molecule has 0 unspecified atom stereocenters. The second-order valence-corrected chi connectivity index (χ2v) is 8.10. The lowest BCUT2D eigenvalue weighted by Crippen LogP contribution is -2.67. The number of fused-ring (bicyclic) bond motifs is 2. The lowest BCUT2D eigenvalue weighted by Gasteiger charge is -2.46. The maximum atomic E-state index is 12.9.